The lowest BCUT2D eigenvalue weighted by Crippen LogP contribution is -2.54. The Balaban J connectivity index is 1.92. The van der Waals surface area contributed by atoms with E-state index in [1.54, 1.807) is 45.2 Å². The highest BCUT2D eigenvalue weighted by molar-refractivity contribution is 7.79. The van der Waals surface area contributed by atoms with Gasteiger partial charge in [0.05, 0.1) is 21.6 Å². The number of carbonyl (C=O) groups excluding carboxylic acids is 1. The maximum absolute atomic E-state index is 13.5. The van der Waals surface area contributed by atoms with Crippen molar-refractivity contribution in [3.8, 4) is 5.69 Å². The van der Waals surface area contributed by atoms with Crippen LogP contribution in [0.4, 0.5) is 4.79 Å². The molecule has 1 aliphatic rings. The van der Waals surface area contributed by atoms with Crippen LogP contribution in [0.15, 0.2) is 46.2 Å². The molecule has 3 aromatic rings. The smallest absolute Gasteiger partial charge is 0.410 e. The lowest BCUT2D eigenvalue weighted by molar-refractivity contribution is -0.0303. The van der Waals surface area contributed by atoms with E-state index in [2.05, 4.69) is 5.10 Å². The molecule has 170 valence electrons. The molecule has 11 heteroatoms. The van der Waals surface area contributed by atoms with E-state index < -0.39 is 34.4 Å². The Hall–Kier alpha value is -2.69. The molecule has 1 fully saturated rings. The highest BCUT2D eigenvalue weighted by Crippen LogP contribution is 2.39. The van der Waals surface area contributed by atoms with E-state index in [0.717, 1.165) is 0 Å². The van der Waals surface area contributed by atoms with Crippen LogP contribution in [0.3, 0.4) is 0 Å². The Morgan fingerprint density at radius 3 is 2.66 bits per heavy atom. The van der Waals surface area contributed by atoms with Crippen LogP contribution in [0.2, 0.25) is 5.02 Å². The molecule has 2 aromatic heterocycles. The van der Waals surface area contributed by atoms with E-state index >= 15 is 0 Å². The van der Waals surface area contributed by atoms with Crippen molar-refractivity contribution >= 4 is 34.3 Å². The minimum atomic E-state index is -2.23. The molecule has 4 rings (SSSR count). The summed E-state index contributed by atoms with van der Waals surface area (Å²) in [6, 6.07) is 7.17. The van der Waals surface area contributed by atoms with Crippen LogP contribution >= 0.6 is 11.6 Å². The van der Waals surface area contributed by atoms with E-state index in [1.165, 1.54) is 26.1 Å². The average Bonchev–Trinajstić information content (AvgIpc) is 3.05. The van der Waals surface area contributed by atoms with Crippen molar-refractivity contribution in [1.29, 1.82) is 0 Å². The summed E-state index contributed by atoms with van der Waals surface area (Å²) in [5.41, 5.74) is -0.610. The third-order valence-electron chi connectivity index (χ3n) is 5.19. The van der Waals surface area contributed by atoms with Gasteiger partial charge in [-0.3, -0.25) is 14.3 Å². The SMILES string of the molecule is C[C@H]1CN(C(=O)OC(C)(C)C)[C@@H]1c1nn2ccc(Cl)c2c(=O)n1-c1cccc(S(=O)O)c1. The molecule has 1 aromatic carbocycles. The molecular weight excluding hydrogens is 456 g/mol. The Labute approximate surface area is 191 Å². The summed E-state index contributed by atoms with van der Waals surface area (Å²) in [7, 11) is 0. The number of carbonyl (C=O) groups is 1. The number of likely N-dealkylation sites (tertiary alicyclic amines) is 1. The number of fused-ring (bicyclic) bond motifs is 1. The van der Waals surface area contributed by atoms with Crippen molar-refractivity contribution < 1.29 is 18.3 Å². The molecule has 3 atom stereocenters. The van der Waals surface area contributed by atoms with Crippen LogP contribution in [0, 0.1) is 5.92 Å². The third-order valence-corrected chi connectivity index (χ3v) is 6.15. The average molecular weight is 479 g/mol. The summed E-state index contributed by atoms with van der Waals surface area (Å²) >= 11 is 4.00. The molecule has 1 unspecified atom stereocenters. The second-order valence-electron chi connectivity index (χ2n) is 8.76. The van der Waals surface area contributed by atoms with Gasteiger partial charge in [-0.05, 0) is 45.0 Å². The van der Waals surface area contributed by atoms with E-state index in [4.69, 9.17) is 16.3 Å². The van der Waals surface area contributed by atoms with Gasteiger partial charge in [0, 0.05) is 18.7 Å². The molecule has 0 spiro atoms. The number of nitrogens with zero attached hydrogens (tertiary/aromatic N) is 4. The Bertz CT molecular complexity index is 1300. The summed E-state index contributed by atoms with van der Waals surface area (Å²) in [6.07, 6.45) is 1.07. The van der Waals surface area contributed by atoms with Crippen molar-refractivity contribution in [1.82, 2.24) is 19.1 Å². The van der Waals surface area contributed by atoms with E-state index in [1.807, 2.05) is 6.92 Å². The van der Waals surface area contributed by atoms with Crippen molar-refractivity contribution in [2.24, 2.45) is 5.92 Å². The molecule has 1 saturated heterocycles. The molecule has 32 heavy (non-hydrogen) atoms. The van der Waals surface area contributed by atoms with Gasteiger partial charge >= 0.3 is 6.09 Å². The summed E-state index contributed by atoms with van der Waals surface area (Å²) in [4.78, 5) is 28.0. The van der Waals surface area contributed by atoms with Crippen molar-refractivity contribution in [2.45, 2.75) is 44.2 Å². The van der Waals surface area contributed by atoms with Crippen LogP contribution in [-0.4, -0.2) is 46.1 Å². The summed E-state index contributed by atoms with van der Waals surface area (Å²) in [5.74, 6) is 0.305. The predicted molar refractivity (Wildman–Crippen MR) is 120 cm³/mol. The molecule has 0 saturated carbocycles. The Morgan fingerprint density at radius 1 is 1.31 bits per heavy atom. The number of halogens is 1. The van der Waals surface area contributed by atoms with Crippen molar-refractivity contribution in [2.75, 3.05) is 6.54 Å². The highest BCUT2D eigenvalue weighted by Gasteiger charge is 2.45. The van der Waals surface area contributed by atoms with Crippen LogP contribution < -0.4 is 5.56 Å². The first-order valence-electron chi connectivity index (χ1n) is 9.98. The topological polar surface area (TPSA) is 106 Å². The molecule has 0 radical (unpaired) electrons. The number of rotatable bonds is 3. The fraction of sp³-hybridized carbons (Fsp3) is 0.381. The molecule has 9 nitrogen and oxygen atoms in total. The highest BCUT2D eigenvalue weighted by atomic mass is 35.5. The van der Waals surface area contributed by atoms with Gasteiger partial charge in [0.15, 0.2) is 16.9 Å². The summed E-state index contributed by atoms with van der Waals surface area (Å²) in [6.45, 7) is 7.75. The van der Waals surface area contributed by atoms with Gasteiger partial charge in [0.25, 0.3) is 5.56 Å². The van der Waals surface area contributed by atoms with Crippen LogP contribution in [-0.2, 0) is 15.8 Å². The lowest BCUT2D eigenvalue weighted by Gasteiger charge is -2.46. The fourth-order valence-corrected chi connectivity index (χ4v) is 4.46. The number of aromatic nitrogens is 3. The zero-order valence-corrected chi connectivity index (χ0v) is 19.6. The summed E-state index contributed by atoms with van der Waals surface area (Å²) < 4.78 is 29.4. The first-order valence-corrected chi connectivity index (χ1v) is 11.5. The Morgan fingerprint density at radius 2 is 2.03 bits per heavy atom. The number of ether oxygens (including phenoxy) is 1. The molecule has 1 aliphatic heterocycles. The standard InChI is InChI=1S/C21H23ClN4O5S/c1-12-11-24(20(28)31-21(2,3)4)16(12)18-23-25-9-8-15(22)17(25)19(27)26(18)13-6-5-7-14(10-13)32(29)30/h5-10,12,16H,11H2,1-4H3,(H,29,30)/t12-,16-/m0/s1. The van der Waals surface area contributed by atoms with Crippen LogP contribution in [0.5, 0.6) is 0 Å². The van der Waals surface area contributed by atoms with Gasteiger partial charge in [0.1, 0.15) is 11.1 Å². The van der Waals surface area contributed by atoms with Gasteiger partial charge in [-0.25, -0.2) is 13.5 Å². The number of amides is 1. The molecular formula is C21H23ClN4O5S. The normalized spacial score (nSPS) is 19.6. The minimum Gasteiger partial charge on any atom is -0.444 e. The number of hydrogen-bond donors (Lipinski definition) is 1. The fourth-order valence-electron chi connectivity index (χ4n) is 3.82. The van der Waals surface area contributed by atoms with Gasteiger partial charge in [-0.2, -0.15) is 5.10 Å². The zero-order chi connectivity index (χ0) is 23.4. The monoisotopic (exact) mass is 478 g/mol. The maximum Gasteiger partial charge on any atom is 0.410 e. The molecule has 1 N–H and O–H groups in total. The van der Waals surface area contributed by atoms with Gasteiger partial charge in [0.2, 0.25) is 0 Å². The zero-order valence-electron chi connectivity index (χ0n) is 18.0. The molecule has 0 aliphatic carbocycles. The van der Waals surface area contributed by atoms with E-state index in [-0.39, 0.29) is 21.4 Å². The molecule has 0 bridgehead atoms. The largest absolute Gasteiger partial charge is 0.444 e. The Kier molecular flexibility index (Phi) is 5.64. The van der Waals surface area contributed by atoms with E-state index in [0.29, 0.717) is 18.1 Å². The van der Waals surface area contributed by atoms with E-state index in [9.17, 15) is 18.4 Å². The lowest BCUT2D eigenvalue weighted by atomic mass is 9.90. The summed E-state index contributed by atoms with van der Waals surface area (Å²) in [5, 5.41) is 4.85. The van der Waals surface area contributed by atoms with Crippen LogP contribution in [0.25, 0.3) is 11.2 Å². The third kappa shape index (κ3) is 3.94. The second-order valence-corrected chi connectivity index (χ2v) is 10.1. The second kappa shape index (κ2) is 8.02. The number of benzene rings is 1. The van der Waals surface area contributed by atoms with Gasteiger partial charge in [-0.1, -0.05) is 24.6 Å². The van der Waals surface area contributed by atoms with Gasteiger partial charge < -0.3 is 9.29 Å². The first kappa shape index (κ1) is 22.5. The van der Waals surface area contributed by atoms with Gasteiger partial charge in [-0.15, -0.1) is 0 Å². The predicted octanol–water partition coefficient (Wildman–Crippen LogP) is 3.65. The van der Waals surface area contributed by atoms with Crippen LogP contribution in [0.1, 0.15) is 39.6 Å². The van der Waals surface area contributed by atoms with Crippen molar-refractivity contribution in [3.05, 3.63) is 57.7 Å². The van der Waals surface area contributed by atoms with Crippen molar-refractivity contribution in [3.63, 3.8) is 0 Å². The molecule has 3 heterocycles. The maximum atomic E-state index is 13.5. The quantitative estimate of drug-likeness (QED) is 0.576. The number of hydrogen-bond acceptors (Lipinski definition) is 5. The minimum absolute atomic E-state index is 0.000640. The molecule has 1 amide bonds. The first-order chi connectivity index (χ1) is 15.0.